The van der Waals surface area contributed by atoms with Crippen molar-refractivity contribution in [3.05, 3.63) is 145 Å². The maximum absolute atomic E-state index is 8.35. The van der Waals surface area contributed by atoms with Gasteiger partial charge in [-0.1, -0.05) is 114 Å². The Balaban J connectivity index is 0.000000169. The topological polar surface area (TPSA) is 38.9 Å². The molecule has 0 spiro atoms. The van der Waals surface area contributed by atoms with Crippen LogP contribution >= 0.6 is 0 Å². The summed E-state index contributed by atoms with van der Waals surface area (Å²) in [6, 6.07) is 37.5. The van der Waals surface area contributed by atoms with Crippen molar-refractivity contribution in [2.24, 2.45) is 0 Å². The Morgan fingerprint density at radius 3 is 2.41 bits per heavy atom. The molecule has 3 nitrogen and oxygen atoms in total. The molecule has 4 heteroatoms. The van der Waals surface area contributed by atoms with Crippen molar-refractivity contribution < 1.29 is 31.4 Å². The first-order valence-corrected chi connectivity index (χ1v) is 14.2. The number of aromatic nitrogens is 2. The number of fused-ring (bicyclic) bond motifs is 6. The zero-order valence-electron chi connectivity index (χ0n) is 29.1. The van der Waals surface area contributed by atoms with E-state index < -0.39 is 6.85 Å². The number of para-hydroxylation sites is 1. The molecule has 0 unspecified atom stereocenters. The Kier molecular flexibility index (Phi) is 6.78. The molecule has 0 atom stereocenters. The molecule has 1 radical (unpaired) electrons. The standard InChI is InChI=1S/C20H16NO.C20H14N.Ir/c1-13(2)14-10-11-21-18(12-14)17-8-5-7-16-15-6-3-4-9-19(15)22-20(16)17;1-14-6-11-20(21-13-14)17-9-10-19-16(12-17)8-7-15-4-2-3-5-18(15)19;/h3-7,9-13H,1-2H3;2-8,10-13H,1H3;/q2*-1;/i;1D3,7D,8D;. The molecule has 0 N–H and O–H groups in total. The Hall–Kier alpha value is -4.63. The third kappa shape index (κ3) is 5.67. The Bertz CT molecular complexity index is 2450. The molecular formula is C40H30IrN2O-2. The van der Waals surface area contributed by atoms with E-state index in [1.807, 2.05) is 60.8 Å². The molecule has 3 heterocycles. The number of hydrogen-bond donors (Lipinski definition) is 0. The van der Waals surface area contributed by atoms with Gasteiger partial charge in [-0.25, -0.2) is 0 Å². The summed E-state index contributed by atoms with van der Waals surface area (Å²) in [5, 5.41) is 5.42. The van der Waals surface area contributed by atoms with Crippen LogP contribution in [0.3, 0.4) is 0 Å². The first kappa shape index (κ1) is 23.8. The second-order valence-electron chi connectivity index (χ2n) is 10.7. The molecule has 0 aliphatic heterocycles. The maximum atomic E-state index is 8.35. The van der Waals surface area contributed by atoms with Crippen LogP contribution in [0.25, 0.3) is 66.0 Å². The van der Waals surface area contributed by atoms with Gasteiger partial charge in [0.15, 0.2) is 0 Å². The summed E-state index contributed by atoms with van der Waals surface area (Å²) in [4.78, 5) is 8.76. The third-order valence-corrected chi connectivity index (χ3v) is 7.58. The molecule has 0 saturated heterocycles. The van der Waals surface area contributed by atoms with E-state index in [0.29, 0.717) is 22.6 Å². The molecule has 0 aliphatic rings. The van der Waals surface area contributed by atoms with E-state index in [9.17, 15) is 0 Å². The Morgan fingerprint density at radius 1 is 0.773 bits per heavy atom. The average molecular weight is 752 g/mol. The summed E-state index contributed by atoms with van der Waals surface area (Å²) >= 11 is 0. The summed E-state index contributed by atoms with van der Waals surface area (Å²) < 4.78 is 45.0. The fraction of sp³-hybridized carbons (Fsp3) is 0.100. The van der Waals surface area contributed by atoms with Crippen molar-refractivity contribution in [3.8, 4) is 22.5 Å². The molecule has 3 aromatic heterocycles. The monoisotopic (exact) mass is 752 g/mol. The quantitative estimate of drug-likeness (QED) is 0.133. The first-order valence-electron chi connectivity index (χ1n) is 16.7. The molecule has 8 aromatic rings. The number of aryl methyl sites for hydroxylation is 1. The summed E-state index contributed by atoms with van der Waals surface area (Å²) in [5.41, 5.74) is 6.30. The largest absolute Gasteiger partial charge is 0.501 e. The Morgan fingerprint density at radius 2 is 1.59 bits per heavy atom. The van der Waals surface area contributed by atoms with Gasteiger partial charge in [0.1, 0.15) is 5.58 Å². The number of furan rings is 1. The molecule has 44 heavy (non-hydrogen) atoms. The minimum absolute atomic E-state index is 0. The van der Waals surface area contributed by atoms with E-state index in [0.717, 1.165) is 49.4 Å². The number of pyridine rings is 2. The van der Waals surface area contributed by atoms with Gasteiger partial charge in [0, 0.05) is 42.0 Å². The molecule has 0 fully saturated rings. The predicted octanol–water partition coefficient (Wildman–Crippen LogP) is 10.7. The zero-order chi connectivity index (χ0) is 33.6. The van der Waals surface area contributed by atoms with Crippen LogP contribution in [0.1, 0.15) is 37.7 Å². The summed E-state index contributed by atoms with van der Waals surface area (Å²) in [6.07, 6.45) is 3.21. The summed E-state index contributed by atoms with van der Waals surface area (Å²) in [6.45, 7) is 2.18. The second-order valence-corrected chi connectivity index (χ2v) is 10.7. The molecule has 8 rings (SSSR count). The molecule has 217 valence electrons. The van der Waals surface area contributed by atoms with Crippen molar-refractivity contribution in [2.75, 3.05) is 0 Å². The van der Waals surface area contributed by atoms with Crippen molar-refractivity contribution in [2.45, 2.75) is 26.6 Å². The van der Waals surface area contributed by atoms with Crippen LogP contribution in [0.4, 0.5) is 0 Å². The van der Waals surface area contributed by atoms with Crippen molar-refractivity contribution in [1.29, 1.82) is 0 Å². The number of nitrogens with zero attached hydrogens (tertiary/aromatic N) is 2. The third-order valence-electron chi connectivity index (χ3n) is 7.58. The van der Waals surface area contributed by atoms with E-state index >= 15 is 0 Å². The van der Waals surface area contributed by atoms with Crippen LogP contribution in [0.5, 0.6) is 0 Å². The van der Waals surface area contributed by atoms with E-state index in [-0.39, 0.29) is 37.8 Å². The smallest absolute Gasteiger partial charge is 0.120 e. The van der Waals surface area contributed by atoms with Gasteiger partial charge in [-0.05, 0) is 47.2 Å². The normalized spacial score (nSPS) is 13.0. The van der Waals surface area contributed by atoms with Gasteiger partial charge in [-0.15, -0.1) is 47.3 Å². The summed E-state index contributed by atoms with van der Waals surface area (Å²) in [7, 11) is 0. The average Bonchev–Trinajstić information content (AvgIpc) is 3.49. The second kappa shape index (κ2) is 12.5. The molecule has 0 aliphatic carbocycles. The van der Waals surface area contributed by atoms with E-state index in [1.165, 1.54) is 17.8 Å². The van der Waals surface area contributed by atoms with Gasteiger partial charge in [-0.2, -0.15) is 0 Å². The van der Waals surface area contributed by atoms with E-state index in [1.54, 1.807) is 12.1 Å². The van der Waals surface area contributed by atoms with Crippen molar-refractivity contribution >= 4 is 43.5 Å². The van der Waals surface area contributed by atoms with E-state index in [2.05, 4.69) is 60.2 Å². The number of rotatable bonds is 3. The molecule has 0 bridgehead atoms. The molecule has 0 saturated carbocycles. The van der Waals surface area contributed by atoms with Crippen LogP contribution in [-0.4, -0.2) is 9.97 Å². The molecular weight excluding hydrogens is 717 g/mol. The van der Waals surface area contributed by atoms with Crippen LogP contribution in [0.15, 0.2) is 126 Å². The predicted molar refractivity (Wildman–Crippen MR) is 178 cm³/mol. The first-order chi connectivity index (χ1) is 23.1. The van der Waals surface area contributed by atoms with E-state index in [4.69, 9.17) is 11.3 Å². The summed E-state index contributed by atoms with van der Waals surface area (Å²) in [5.74, 6) is 0.469. The van der Waals surface area contributed by atoms with Gasteiger partial charge in [0.05, 0.1) is 8.32 Å². The maximum Gasteiger partial charge on any atom is 0.120 e. The fourth-order valence-electron chi connectivity index (χ4n) is 5.30. The van der Waals surface area contributed by atoms with Crippen LogP contribution < -0.4 is 0 Å². The SMILES string of the molecule is CC(C)c1ccnc(-c2[c-]ccc3c2oc2ccccc23)c1.[2H]c1c([2H])c2ccccc2c2c[c-]c(-c3ccc(C([2H])([2H])[2H])cn3)cc12.[Ir]. The minimum Gasteiger partial charge on any atom is -0.501 e. The van der Waals surface area contributed by atoms with Crippen LogP contribution in [-0.2, 0) is 20.1 Å². The molecule has 0 amide bonds. The Labute approximate surface area is 278 Å². The van der Waals surface area contributed by atoms with Crippen molar-refractivity contribution in [3.63, 3.8) is 0 Å². The van der Waals surface area contributed by atoms with Gasteiger partial charge in [0.2, 0.25) is 0 Å². The van der Waals surface area contributed by atoms with Gasteiger partial charge in [0.25, 0.3) is 0 Å². The number of benzene rings is 5. The van der Waals surface area contributed by atoms with Crippen molar-refractivity contribution in [1.82, 2.24) is 9.97 Å². The van der Waals surface area contributed by atoms with Gasteiger partial charge >= 0.3 is 0 Å². The zero-order valence-corrected chi connectivity index (χ0v) is 26.5. The van der Waals surface area contributed by atoms with Crippen LogP contribution in [0.2, 0.25) is 0 Å². The van der Waals surface area contributed by atoms with Gasteiger partial charge < -0.3 is 14.4 Å². The van der Waals surface area contributed by atoms with Crippen LogP contribution in [0, 0.1) is 19.0 Å². The molecule has 5 aromatic carbocycles. The number of hydrogen-bond acceptors (Lipinski definition) is 3. The van der Waals surface area contributed by atoms with Gasteiger partial charge in [-0.3, -0.25) is 0 Å². The minimum atomic E-state index is -2.19. The fourth-order valence-corrected chi connectivity index (χ4v) is 5.30.